The third-order valence-electron chi connectivity index (χ3n) is 4.31. The van der Waals surface area contributed by atoms with Gasteiger partial charge in [0.15, 0.2) is 11.8 Å². The molecule has 2 atom stereocenters. The molecule has 0 amide bonds. The molecule has 1 saturated carbocycles. The Morgan fingerprint density at radius 1 is 1.39 bits per heavy atom. The molecule has 2 N–H and O–H groups in total. The van der Waals surface area contributed by atoms with Crippen molar-refractivity contribution in [3.05, 3.63) is 11.7 Å². The van der Waals surface area contributed by atoms with Gasteiger partial charge in [-0.05, 0) is 32.6 Å². The molecule has 1 aliphatic heterocycles. The molecule has 2 aliphatic rings. The number of guanidine groups is 1. The fourth-order valence-electron chi connectivity index (χ4n) is 2.98. The minimum atomic E-state index is 0. The molecule has 2 unspecified atom stereocenters. The Bertz CT molecular complexity index is 530. The molecule has 8 heteroatoms. The van der Waals surface area contributed by atoms with Gasteiger partial charge in [-0.3, -0.25) is 4.90 Å². The van der Waals surface area contributed by atoms with Crippen LogP contribution in [-0.4, -0.2) is 52.7 Å². The molecule has 1 aromatic heterocycles. The number of rotatable bonds is 5. The summed E-state index contributed by atoms with van der Waals surface area (Å²) in [5.74, 6) is 2.66. The van der Waals surface area contributed by atoms with Crippen LogP contribution in [0.5, 0.6) is 0 Å². The molecule has 130 valence electrons. The molecular formula is C15H27IN6O. The molecule has 1 saturated heterocycles. The smallest absolute Gasteiger partial charge is 0.248 e. The fraction of sp³-hybridized carbons (Fsp3) is 0.800. The molecule has 0 bridgehead atoms. The number of aliphatic imine (C=N–C) groups is 1. The zero-order valence-corrected chi connectivity index (χ0v) is 16.4. The summed E-state index contributed by atoms with van der Waals surface area (Å²) >= 11 is 0. The molecule has 7 nitrogen and oxygen atoms in total. The van der Waals surface area contributed by atoms with Gasteiger partial charge in [0, 0.05) is 31.7 Å². The zero-order chi connectivity index (χ0) is 15.5. The van der Waals surface area contributed by atoms with Crippen molar-refractivity contribution in [1.82, 2.24) is 25.7 Å². The van der Waals surface area contributed by atoms with Gasteiger partial charge >= 0.3 is 0 Å². The van der Waals surface area contributed by atoms with Crippen LogP contribution in [0.2, 0.25) is 0 Å². The molecule has 3 rings (SSSR count). The van der Waals surface area contributed by atoms with Crippen molar-refractivity contribution in [2.45, 2.75) is 52.2 Å². The molecule has 0 spiro atoms. The first-order valence-corrected chi connectivity index (χ1v) is 8.23. The molecule has 1 aromatic rings. The van der Waals surface area contributed by atoms with Gasteiger partial charge in [0.2, 0.25) is 5.89 Å². The minimum absolute atomic E-state index is 0. The van der Waals surface area contributed by atoms with Gasteiger partial charge < -0.3 is 15.2 Å². The van der Waals surface area contributed by atoms with E-state index >= 15 is 0 Å². The first-order valence-electron chi connectivity index (χ1n) is 8.23. The van der Waals surface area contributed by atoms with E-state index in [1.165, 1.54) is 19.4 Å². The van der Waals surface area contributed by atoms with Crippen LogP contribution >= 0.6 is 24.0 Å². The van der Waals surface area contributed by atoms with Gasteiger partial charge in [-0.1, -0.05) is 12.1 Å². The van der Waals surface area contributed by atoms with Gasteiger partial charge in [-0.2, -0.15) is 4.98 Å². The highest BCUT2D eigenvalue weighted by Crippen LogP contribution is 2.31. The second-order valence-electron chi connectivity index (χ2n) is 6.34. The SMILES string of the molecule is CCNC(=NCc1nc(C)no1)NC1CN(C2CC2)CC1C.I. The van der Waals surface area contributed by atoms with E-state index in [9.17, 15) is 0 Å². The lowest BCUT2D eigenvalue weighted by Gasteiger charge is -2.20. The van der Waals surface area contributed by atoms with Gasteiger partial charge in [-0.15, -0.1) is 24.0 Å². The van der Waals surface area contributed by atoms with Crippen LogP contribution in [0, 0.1) is 12.8 Å². The summed E-state index contributed by atoms with van der Waals surface area (Å²) in [6.45, 7) is 9.73. The van der Waals surface area contributed by atoms with Crippen LogP contribution in [0.25, 0.3) is 0 Å². The molecule has 1 aliphatic carbocycles. The summed E-state index contributed by atoms with van der Waals surface area (Å²) in [7, 11) is 0. The van der Waals surface area contributed by atoms with Crippen LogP contribution in [0.4, 0.5) is 0 Å². The zero-order valence-electron chi connectivity index (χ0n) is 14.1. The highest BCUT2D eigenvalue weighted by Gasteiger charge is 2.38. The van der Waals surface area contributed by atoms with Gasteiger partial charge in [-0.25, -0.2) is 4.99 Å². The molecule has 0 radical (unpaired) electrons. The largest absolute Gasteiger partial charge is 0.357 e. The third kappa shape index (κ3) is 5.03. The third-order valence-corrected chi connectivity index (χ3v) is 4.31. The summed E-state index contributed by atoms with van der Waals surface area (Å²) < 4.78 is 5.11. The van der Waals surface area contributed by atoms with E-state index in [2.05, 4.69) is 44.5 Å². The van der Waals surface area contributed by atoms with Crippen LogP contribution in [-0.2, 0) is 6.54 Å². The molecule has 23 heavy (non-hydrogen) atoms. The number of nitrogens with zero attached hydrogens (tertiary/aromatic N) is 4. The van der Waals surface area contributed by atoms with Crippen molar-refractivity contribution in [2.24, 2.45) is 10.9 Å². The van der Waals surface area contributed by atoms with E-state index in [1.807, 2.05) is 6.92 Å². The number of halogens is 1. The fourth-order valence-corrected chi connectivity index (χ4v) is 2.98. The maximum atomic E-state index is 5.11. The van der Waals surface area contributed by atoms with Crippen molar-refractivity contribution in [2.75, 3.05) is 19.6 Å². The van der Waals surface area contributed by atoms with Crippen molar-refractivity contribution >= 4 is 29.9 Å². The summed E-state index contributed by atoms with van der Waals surface area (Å²) in [5, 5.41) is 10.7. The number of aromatic nitrogens is 2. The van der Waals surface area contributed by atoms with Crippen molar-refractivity contribution in [3.63, 3.8) is 0 Å². The van der Waals surface area contributed by atoms with Crippen molar-refractivity contribution in [3.8, 4) is 0 Å². The van der Waals surface area contributed by atoms with Crippen LogP contribution in [0.1, 0.15) is 38.4 Å². The topological polar surface area (TPSA) is 78.6 Å². The molecule has 2 heterocycles. The average Bonchev–Trinajstić information content (AvgIpc) is 3.16. The Labute approximate surface area is 154 Å². The lowest BCUT2D eigenvalue weighted by atomic mass is 10.1. The Hall–Kier alpha value is -0.900. The predicted octanol–water partition coefficient (Wildman–Crippen LogP) is 1.53. The lowest BCUT2D eigenvalue weighted by Crippen LogP contribution is -2.46. The summed E-state index contributed by atoms with van der Waals surface area (Å²) in [5.41, 5.74) is 0. The van der Waals surface area contributed by atoms with Gasteiger partial charge in [0.05, 0.1) is 0 Å². The van der Waals surface area contributed by atoms with E-state index in [4.69, 9.17) is 4.52 Å². The monoisotopic (exact) mass is 434 g/mol. The second-order valence-corrected chi connectivity index (χ2v) is 6.34. The number of likely N-dealkylation sites (tertiary alicyclic amines) is 1. The molecule has 2 fully saturated rings. The summed E-state index contributed by atoms with van der Waals surface area (Å²) in [4.78, 5) is 11.3. The van der Waals surface area contributed by atoms with Crippen molar-refractivity contribution < 1.29 is 4.52 Å². The van der Waals surface area contributed by atoms with Crippen LogP contribution in [0.3, 0.4) is 0 Å². The number of aryl methyl sites for hydroxylation is 1. The first kappa shape index (κ1) is 18.4. The number of nitrogens with one attached hydrogen (secondary N) is 2. The highest BCUT2D eigenvalue weighted by molar-refractivity contribution is 14.0. The highest BCUT2D eigenvalue weighted by atomic mass is 127. The average molecular weight is 434 g/mol. The quantitative estimate of drug-likeness (QED) is 0.416. The van der Waals surface area contributed by atoms with E-state index in [-0.39, 0.29) is 24.0 Å². The van der Waals surface area contributed by atoms with Gasteiger partial charge in [0.25, 0.3) is 0 Å². The predicted molar refractivity (Wildman–Crippen MR) is 99.9 cm³/mol. The van der Waals surface area contributed by atoms with E-state index in [0.29, 0.717) is 30.2 Å². The number of hydrogen-bond donors (Lipinski definition) is 2. The van der Waals surface area contributed by atoms with Gasteiger partial charge in [0.1, 0.15) is 6.54 Å². The summed E-state index contributed by atoms with van der Waals surface area (Å²) in [6, 6.07) is 1.28. The second kappa shape index (κ2) is 8.27. The standard InChI is InChI=1S/C15H26N6O.HI/c1-4-16-15(17-7-14-18-11(3)20-22-14)19-13-9-21(8-10(13)2)12-5-6-12;/h10,12-13H,4-9H2,1-3H3,(H2,16,17,19);1H. The normalized spacial score (nSPS) is 25.3. The van der Waals surface area contributed by atoms with Crippen LogP contribution in [0.15, 0.2) is 9.52 Å². The first-order chi connectivity index (χ1) is 10.7. The van der Waals surface area contributed by atoms with Crippen LogP contribution < -0.4 is 10.6 Å². The Balaban J connectivity index is 0.00000192. The number of hydrogen-bond acceptors (Lipinski definition) is 5. The molecular weight excluding hydrogens is 407 g/mol. The Morgan fingerprint density at radius 2 is 2.17 bits per heavy atom. The maximum absolute atomic E-state index is 5.11. The Kier molecular flexibility index (Phi) is 6.63. The molecule has 0 aromatic carbocycles. The van der Waals surface area contributed by atoms with Crippen molar-refractivity contribution in [1.29, 1.82) is 0 Å². The lowest BCUT2D eigenvalue weighted by molar-refractivity contribution is 0.315. The maximum Gasteiger partial charge on any atom is 0.248 e. The Morgan fingerprint density at radius 3 is 2.78 bits per heavy atom. The van der Waals surface area contributed by atoms with E-state index < -0.39 is 0 Å². The van der Waals surface area contributed by atoms with E-state index in [0.717, 1.165) is 25.1 Å². The van der Waals surface area contributed by atoms with E-state index in [1.54, 1.807) is 0 Å². The minimum Gasteiger partial charge on any atom is -0.357 e. The summed E-state index contributed by atoms with van der Waals surface area (Å²) in [6.07, 6.45) is 2.73.